The molecule has 20 heavy (non-hydrogen) atoms. The second-order valence-corrected chi connectivity index (χ2v) is 4.44. The predicted octanol–water partition coefficient (Wildman–Crippen LogP) is 3.15. The minimum atomic E-state index is 0.644. The number of para-hydroxylation sites is 1. The van der Waals surface area contributed by atoms with Crippen molar-refractivity contribution in [3.8, 4) is 5.88 Å². The number of allylic oxidation sites excluding steroid dienone is 1. The molecule has 0 radical (unpaired) electrons. The molecule has 1 aromatic carbocycles. The van der Waals surface area contributed by atoms with E-state index in [0.29, 0.717) is 5.88 Å². The minimum absolute atomic E-state index is 0.644. The summed E-state index contributed by atoms with van der Waals surface area (Å²) in [6.07, 6.45) is 9.58. The third-order valence-electron chi connectivity index (χ3n) is 3.08. The van der Waals surface area contributed by atoms with E-state index in [2.05, 4.69) is 28.2 Å². The van der Waals surface area contributed by atoms with Crippen LogP contribution in [0, 0.1) is 0 Å². The highest BCUT2D eigenvalue weighted by Crippen LogP contribution is 2.23. The van der Waals surface area contributed by atoms with Crippen molar-refractivity contribution in [3.63, 3.8) is 0 Å². The molecule has 0 spiro atoms. The van der Waals surface area contributed by atoms with Crippen LogP contribution in [0.4, 0.5) is 0 Å². The first-order chi connectivity index (χ1) is 9.86. The molecule has 2 aromatic heterocycles. The number of aromatic nitrogens is 3. The third kappa shape index (κ3) is 2.54. The SMILES string of the molecule is COc1nc2ccccc2cc1/C=C/Cn1ccnc1. The molecule has 3 rings (SSSR count). The van der Waals surface area contributed by atoms with Gasteiger partial charge in [-0.3, -0.25) is 0 Å². The van der Waals surface area contributed by atoms with Gasteiger partial charge in [-0.15, -0.1) is 0 Å². The van der Waals surface area contributed by atoms with Gasteiger partial charge in [0, 0.05) is 29.9 Å². The van der Waals surface area contributed by atoms with Gasteiger partial charge in [0.25, 0.3) is 0 Å². The quantitative estimate of drug-likeness (QED) is 0.727. The van der Waals surface area contributed by atoms with E-state index in [-0.39, 0.29) is 0 Å². The van der Waals surface area contributed by atoms with Crippen molar-refractivity contribution >= 4 is 17.0 Å². The number of hydrogen-bond donors (Lipinski definition) is 0. The summed E-state index contributed by atoms with van der Waals surface area (Å²) in [5.41, 5.74) is 1.92. The summed E-state index contributed by atoms with van der Waals surface area (Å²) in [7, 11) is 1.64. The molecule has 0 unspecified atom stereocenters. The van der Waals surface area contributed by atoms with Crippen molar-refractivity contribution in [3.05, 3.63) is 60.7 Å². The van der Waals surface area contributed by atoms with Crippen LogP contribution in [0.3, 0.4) is 0 Å². The lowest BCUT2D eigenvalue weighted by Crippen LogP contribution is -1.93. The zero-order chi connectivity index (χ0) is 13.8. The molecular formula is C16H15N3O. The van der Waals surface area contributed by atoms with Crippen molar-refractivity contribution in [1.29, 1.82) is 0 Å². The van der Waals surface area contributed by atoms with E-state index in [1.54, 1.807) is 19.6 Å². The van der Waals surface area contributed by atoms with Gasteiger partial charge < -0.3 is 9.30 Å². The summed E-state index contributed by atoms with van der Waals surface area (Å²) in [4.78, 5) is 8.53. The zero-order valence-corrected chi connectivity index (χ0v) is 11.2. The van der Waals surface area contributed by atoms with E-state index in [1.165, 1.54) is 0 Å². The number of rotatable bonds is 4. The van der Waals surface area contributed by atoms with Crippen LogP contribution >= 0.6 is 0 Å². The predicted molar refractivity (Wildman–Crippen MR) is 79.6 cm³/mol. The molecule has 0 saturated carbocycles. The highest BCUT2D eigenvalue weighted by atomic mass is 16.5. The Hall–Kier alpha value is -2.62. The molecule has 2 heterocycles. The lowest BCUT2D eigenvalue weighted by molar-refractivity contribution is 0.398. The summed E-state index contributed by atoms with van der Waals surface area (Å²) in [6.45, 7) is 0.774. The molecule has 0 N–H and O–H groups in total. The van der Waals surface area contributed by atoms with Crippen LogP contribution < -0.4 is 4.74 Å². The van der Waals surface area contributed by atoms with Gasteiger partial charge in [-0.1, -0.05) is 30.4 Å². The maximum absolute atomic E-state index is 5.36. The van der Waals surface area contributed by atoms with Crippen molar-refractivity contribution in [2.24, 2.45) is 0 Å². The standard InChI is InChI=1S/C16H15N3O/c1-20-16-14(6-4-9-19-10-8-17-12-19)11-13-5-2-3-7-15(13)18-16/h2-8,10-12H,9H2,1H3/b6-4+. The molecule has 0 bridgehead atoms. The first-order valence-electron chi connectivity index (χ1n) is 6.43. The van der Waals surface area contributed by atoms with Crippen LogP contribution in [0.5, 0.6) is 5.88 Å². The molecule has 0 saturated heterocycles. The minimum Gasteiger partial charge on any atom is -0.481 e. The fourth-order valence-corrected chi connectivity index (χ4v) is 2.09. The van der Waals surface area contributed by atoms with Crippen LogP contribution in [-0.2, 0) is 6.54 Å². The molecule has 0 aliphatic carbocycles. The van der Waals surface area contributed by atoms with E-state index < -0.39 is 0 Å². The zero-order valence-electron chi connectivity index (χ0n) is 11.2. The van der Waals surface area contributed by atoms with Gasteiger partial charge in [-0.05, 0) is 12.1 Å². The summed E-state index contributed by atoms with van der Waals surface area (Å²) >= 11 is 0. The first kappa shape index (κ1) is 12.4. The number of hydrogen-bond acceptors (Lipinski definition) is 3. The Morgan fingerprint density at radius 1 is 1.30 bits per heavy atom. The maximum atomic E-state index is 5.36. The Labute approximate surface area is 117 Å². The Balaban J connectivity index is 1.91. The van der Waals surface area contributed by atoms with Crippen LogP contribution in [-0.4, -0.2) is 21.6 Å². The smallest absolute Gasteiger partial charge is 0.221 e. The molecule has 3 aromatic rings. The molecule has 4 heteroatoms. The Morgan fingerprint density at radius 3 is 3.00 bits per heavy atom. The van der Waals surface area contributed by atoms with Crippen molar-refractivity contribution in [2.75, 3.05) is 7.11 Å². The monoisotopic (exact) mass is 265 g/mol. The summed E-state index contributed by atoms with van der Waals surface area (Å²) in [6, 6.07) is 10.1. The van der Waals surface area contributed by atoms with E-state index in [0.717, 1.165) is 23.0 Å². The fraction of sp³-hybridized carbons (Fsp3) is 0.125. The van der Waals surface area contributed by atoms with Crippen molar-refractivity contribution in [2.45, 2.75) is 6.54 Å². The van der Waals surface area contributed by atoms with E-state index in [4.69, 9.17) is 4.74 Å². The van der Waals surface area contributed by atoms with E-state index in [9.17, 15) is 0 Å². The molecular weight excluding hydrogens is 250 g/mol. The third-order valence-corrected chi connectivity index (χ3v) is 3.08. The normalized spacial score (nSPS) is 11.2. The highest BCUT2D eigenvalue weighted by molar-refractivity contribution is 5.82. The largest absolute Gasteiger partial charge is 0.481 e. The molecule has 100 valence electrons. The highest BCUT2D eigenvalue weighted by Gasteiger charge is 2.04. The number of imidazole rings is 1. The van der Waals surface area contributed by atoms with Gasteiger partial charge >= 0.3 is 0 Å². The number of pyridine rings is 1. The Kier molecular flexibility index (Phi) is 3.46. The second-order valence-electron chi connectivity index (χ2n) is 4.44. The number of ether oxygens (including phenoxy) is 1. The van der Waals surface area contributed by atoms with Crippen LogP contribution in [0.2, 0.25) is 0 Å². The van der Waals surface area contributed by atoms with Crippen LogP contribution in [0.1, 0.15) is 5.56 Å². The van der Waals surface area contributed by atoms with Gasteiger partial charge in [-0.25, -0.2) is 9.97 Å². The second kappa shape index (κ2) is 5.57. The Bertz CT molecular complexity index is 733. The van der Waals surface area contributed by atoms with Crippen LogP contribution in [0.25, 0.3) is 17.0 Å². The lowest BCUT2D eigenvalue weighted by Gasteiger charge is -2.06. The average molecular weight is 265 g/mol. The number of methoxy groups -OCH3 is 1. The molecule has 0 fully saturated rings. The molecule has 0 amide bonds. The average Bonchev–Trinajstić information content (AvgIpc) is 3.00. The maximum Gasteiger partial charge on any atom is 0.221 e. The topological polar surface area (TPSA) is 39.9 Å². The van der Waals surface area contributed by atoms with Gasteiger partial charge in [-0.2, -0.15) is 0 Å². The summed E-state index contributed by atoms with van der Waals surface area (Å²) in [5, 5.41) is 1.11. The molecule has 0 aliphatic rings. The van der Waals surface area contributed by atoms with Crippen molar-refractivity contribution in [1.82, 2.24) is 14.5 Å². The molecule has 0 atom stereocenters. The number of nitrogens with zero attached hydrogens (tertiary/aromatic N) is 3. The van der Waals surface area contributed by atoms with Gasteiger partial charge in [0.2, 0.25) is 5.88 Å². The molecule has 0 aliphatic heterocycles. The lowest BCUT2D eigenvalue weighted by atomic mass is 10.1. The fourth-order valence-electron chi connectivity index (χ4n) is 2.09. The Morgan fingerprint density at radius 2 is 2.20 bits per heavy atom. The van der Waals surface area contributed by atoms with E-state index in [1.807, 2.05) is 35.0 Å². The van der Waals surface area contributed by atoms with Crippen LogP contribution in [0.15, 0.2) is 55.1 Å². The van der Waals surface area contributed by atoms with Gasteiger partial charge in [0.1, 0.15) is 0 Å². The van der Waals surface area contributed by atoms with Crippen molar-refractivity contribution < 1.29 is 4.74 Å². The number of fused-ring (bicyclic) bond motifs is 1. The summed E-state index contributed by atoms with van der Waals surface area (Å²) < 4.78 is 7.36. The number of benzene rings is 1. The van der Waals surface area contributed by atoms with Gasteiger partial charge in [0.15, 0.2) is 0 Å². The first-order valence-corrected chi connectivity index (χ1v) is 6.43. The molecule has 4 nitrogen and oxygen atoms in total. The van der Waals surface area contributed by atoms with Gasteiger partial charge in [0.05, 0.1) is 19.0 Å². The van der Waals surface area contributed by atoms with E-state index >= 15 is 0 Å². The summed E-state index contributed by atoms with van der Waals surface area (Å²) in [5.74, 6) is 0.644.